The molecule has 0 heterocycles. The molecule has 0 atom stereocenters. The largest absolute Gasteiger partial charge is 0.481 e. The number of carbonyl (C=O) groups is 5. The van der Waals surface area contributed by atoms with Gasteiger partial charge in [-0.05, 0) is 125 Å². The Labute approximate surface area is 382 Å². The number of nitrogens with zero attached hydrogens (tertiary/aromatic N) is 1. The average Bonchev–Trinajstić information content (AvgIpc) is 3.97. The van der Waals surface area contributed by atoms with Crippen molar-refractivity contribution in [3.8, 4) is 0 Å². The smallest absolute Gasteiger partial charge is 0.313 e. The Hall–Kier alpha value is -2.28. The number of aldehydes is 1. The number of rotatable bonds is 3. The van der Waals surface area contributed by atoms with E-state index in [4.69, 9.17) is 42.1 Å². The third kappa shape index (κ3) is 50.2. The highest BCUT2D eigenvalue weighted by Gasteiger charge is 2.19. The van der Waals surface area contributed by atoms with Crippen molar-refractivity contribution in [2.75, 3.05) is 0 Å². The minimum absolute atomic E-state index is 0.0394. The van der Waals surface area contributed by atoms with Gasteiger partial charge in [0.05, 0.1) is 5.92 Å². The van der Waals surface area contributed by atoms with E-state index < -0.39 is 10.7 Å². The van der Waals surface area contributed by atoms with Crippen LogP contribution < -0.4 is 11.6 Å². The summed E-state index contributed by atoms with van der Waals surface area (Å²) in [5.41, 5.74) is 5.73. The first-order chi connectivity index (χ1) is 29.5. The van der Waals surface area contributed by atoms with Gasteiger partial charge in [-0.3, -0.25) is 25.0 Å². The topological polar surface area (TPSA) is 221 Å². The van der Waals surface area contributed by atoms with Crippen LogP contribution in [0.25, 0.3) is 0 Å². The lowest BCUT2D eigenvalue weighted by molar-refractivity contribution is -0.142. The van der Waals surface area contributed by atoms with Gasteiger partial charge in [0.15, 0.2) is 0 Å². The van der Waals surface area contributed by atoms with Crippen molar-refractivity contribution in [3.05, 3.63) is 27.0 Å². The number of ketones is 1. The standard InChI is InChI=1S/C8H13ClO.C8H14O2.C8H14O.C7H15N.C7H12O.C7H12.CCl2O.H2N2O.O2/c2*9-8(10)7-5-3-1-2-4-6-7;9-7-8-5-3-1-2-4-6-8;2*8-7-5-3-1-2-4-6-7;1-2-4-6-7-5-3-1;2-1(3)4;1-2-3;1-2/h7H,1-6H2;7H,1-6H2,(H,9,10);7-8H,1-6H2;7H,1-6,8H2;1-6H2;1-2H,3-7H2;;(H2,1,3);. The second kappa shape index (κ2) is 50.4. The quantitative estimate of drug-likeness (QED) is 0.0459. The lowest BCUT2D eigenvalue weighted by Crippen LogP contribution is -2.17. The average molecular weight is 928 g/mol. The zero-order valence-electron chi connectivity index (χ0n) is 37.2. The van der Waals surface area contributed by atoms with Crippen molar-refractivity contribution in [1.82, 2.24) is 0 Å². The molecule has 15 heteroatoms. The molecule has 0 aromatic rings. The molecule has 356 valence electrons. The second-order valence-electron chi connectivity index (χ2n) is 16.6. The van der Waals surface area contributed by atoms with Gasteiger partial charge in [-0.2, -0.15) is 0 Å². The van der Waals surface area contributed by atoms with E-state index >= 15 is 0 Å². The van der Waals surface area contributed by atoms with Gasteiger partial charge in [0.2, 0.25) is 5.24 Å². The highest BCUT2D eigenvalue weighted by Crippen LogP contribution is 2.25. The van der Waals surface area contributed by atoms with Crippen molar-refractivity contribution >= 4 is 62.8 Å². The minimum atomic E-state index is -0.889. The maximum atomic E-state index is 10.7. The third-order valence-electron chi connectivity index (χ3n) is 11.4. The summed E-state index contributed by atoms with van der Waals surface area (Å²) in [5.74, 6) is 4.32. The first-order valence-corrected chi connectivity index (χ1v) is 24.5. The molecule has 0 amide bonds. The molecule has 5 saturated carbocycles. The van der Waals surface area contributed by atoms with E-state index in [0.29, 0.717) is 17.7 Å². The fourth-order valence-corrected chi connectivity index (χ4v) is 8.07. The molecule has 61 heavy (non-hydrogen) atoms. The number of carbonyl (C=O) groups excluding carboxylic acids is 4. The number of carboxylic acids is 1. The fraction of sp³-hybridized carbons (Fsp3) is 0.848. The molecule has 0 spiro atoms. The van der Waals surface area contributed by atoms with Gasteiger partial charge in [-0.15, -0.1) is 4.91 Å². The lowest BCUT2D eigenvalue weighted by atomic mass is 10.0. The van der Waals surface area contributed by atoms with Crippen LogP contribution in [-0.4, -0.2) is 39.1 Å². The summed E-state index contributed by atoms with van der Waals surface area (Å²) in [5, 5.41) is 10.3. The van der Waals surface area contributed by atoms with Crippen LogP contribution in [0, 0.1) is 32.6 Å². The van der Waals surface area contributed by atoms with Crippen molar-refractivity contribution in [3.63, 3.8) is 0 Å². The minimum Gasteiger partial charge on any atom is -0.481 e. The number of allylic oxidation sites excluding steroid dienone is 2. The molecule has 0 aromatic carbocycles. The van der Waals surface area contributed by atoms with E-state index in [1.165, 1.54) is 148 Å². The van der Waals surface area contributed by atoms with Crippen LogP contribution in [0.1, 0.15) is 225 Å². The van der Waals surface area contributed by atoms with Crippen LogP contribution >= 0.6 is 34.8 Å². The van der Waals surface area contributed by atoms with Crippen molar-refractivity contribution in [2.24, 2.45) is 34.6 Å². The van der Waals surface area contributed by atoms with E-state index in [1.807, 2.05) is 0 Å². The molecule has 12 nitrogen and oxygen atoms in total. The van der Waals surface area contributed by atoms with Gasteiger partial charge in [0.25, 0.3) is 0 Å². The molecule has 6 aliphatic rings. The summed E-state index contributed by atoms with van der Waals surface area (Å²) >= 11 is 14.2. The number of nitrogens with two attached hydrogens (primary N) is 2. The van der Waals surface area contributed by atoms with Crippen molar-refractivity contribution < 1.29 is 29.1 Å². The Bertz CT molecular complexity index is 1020. The number of aliphatic carboxylic acids is 1. The zero-order valence-corrected chi connectivity index (χ0v) is 39.5. The Morgan fingerprint density at radius 2 is 0.852 bits per heavy atom. The van der Waals surface area contributed by atoms with Crippen molar-refractivity contribution in [2.45, 2.75) is 231 Å². The first kappa shape index (κ1) is 63.0. The Balaban J connectivity index is -0.000000638. The number of hydrogen-bond donors (Lipinski definition) is 3. The molecule has 0 saturated heterocycles. The van der Waals surface area contributed by atoms with Crippen LogP contribution in [-0.2, 0) is 19.2 Å². The predicted molar refractivity (Wildman–Crippen MR) is 253 cm³/mol. The Kier molecular flexibility index (Phi) is 52.0. The highest BCUT2D eigenvalue weighted by molar-refractivity contribution is 6.93. The SMILES string of the molecule is C1=CCCCCC1.NC1CCCCCC1.NN=O.O=C(Cl)C1CCCCCC1.O=C(Cl)Cl.O=C(O)C1CCCCCC1.O=C1CCCCCC1.O=CC1CCCCCC1.O=O. The van der Waals surface area contributed by atoms with Crippen LogP contribution in [0.15, 0.2) is 17.4 Å². The third-order valence-corrected chi connectivity index (χ3v) is 11.8. The zero-order chi connectivity index (χ0) is 46.2. The predicted octanol–water partition coefficient (Wildman–Crippen LogP) is 14.3. The maximum absolute atomic E-state index is 10.7. The van der Waals surface area contributed by atoms with E-state index in [2.05, 4.69) is 41.2 Å². The van der Waals surface area contributed by atoms with Crippen LogP contribution in [0.4, 0.5) is 4.79 Å². The fourth-order valence-electron chi connectivity index (χ4n) is 7.85. The van der Waals surface area contributed by atoms with Crippen LogP contribution in [0.3, 0.4) is 0 Å². The lowest BCUT2D eigenvalue weighted by Gasteiger charge is -2.05. The summed E-state index contributed by atoms with van der Waals surface area (Å²) in [6.45, 7) is 0. The molecule has 0 aromatic heterocycles. The monoisotopic (exact) mass is 926 g/mol. The number of hydrogen-bond acceptors (Lipinski definition) is 10. The normalized spacial score (nSPS) is 20.1. The van der Waals surface area contributed by atoms with E-state index in [9.17, 15) is 19.2 Å². The molecular formula is C46H82Cl3N3O9. The number of nitroso groups, excluding NO2 is 1. The summed E-state index contributed by atoms with van der Waals surface area (Å²) in [6, 6.07) is 0.525. The van der Waals surface area contributed by atoms with Gasteiger partial charge in [-0.25, -0.2) is 0 Å². The van der Waals surface area contributed by atoms with Gasteiger partial charge in [0.1, 0.15) is 12.1 Å². The van der Waals surface area contributed by atoms with E-state index in [1.54, 1.807) is 5.29 Å². The van der Waals surface area contributed by atoms with Gasteiger partial charge >= 0.3 is 10.7 Å². The molecule has 0 radical (unpaired) electrons. The summed E-state index contributed by atoms with van der Waals surface area (Å²) in [7, 11) is 0. The Morgan fingerprint density at radius 3 is 1.18 bits per heavy atom. The summed E-state index contributed by atoms with van der Waals surface area (Å²) in [6.07, 6.45) is 48.1. The van der Waals surface area contributed by atoms with E-state index in [0.717, 1.165) is 83.3 Å². The molecule has 0 aliphatic heterocycles. The number of halogens is 3. The van der Waals surface area contributed by atoms with Crippen LogP contribution in [0.2, 0.25) is 0 Å². The second-order valence-corrected chi connectivity index (χ2v) is 17.8. The molecule has 5 fully saturated rings. The highest BCUT2D eigenvalue weighted by atomic mass is 35.5. The van der Waals surface area contributed by atoms with Gasteiger partial charge in [0, 0.05) is 45.9 Å². The number of Topliss-reactive ketones (excluding diaryl/α,β-unsaturated/α-hetero) is 1. The molecule has 5 N–H and O–H groups in total. The Morgan fingerprint density at radius 1 is 0.557 bits per heavy atom. The first-order valence-electron chi connectivity index (χ1n) is 23.3. The van der Waals surface area contributed by atoms with Gasteiger partial charge in [-0.1, -0.05) is 134 Å². The van der Waals surface area contributed by atoms with Crippen molar-refractivity contribution in [1.29, 1.82) is 0 Å². The molecule has 6 rings (SSSR count). The van der Waals surface area contributed by atoms with E-state index in [-0.39, 0.29) is 17.1 Å². The molecule has 0 unspecified atom stereocenters. The molecule has 6 aliphatic carbocycles. The van der Waals surface area contributed by atoms with Crippen LogP contribution in [0.5, 0.6) is 0 Å². The molecule has 0 bridgehead atoms. The summed E-state index contributed by atoms with van der Waals surface area (Å²) in [4.78, 5) is 73.5. The maximum Gasteiger partial charge on any atom is 0.313 e. The number of carboxylic acid groups (broad SMARTS) is 1. The van der Waals surface area contributed by atoms with Gasteiger partial charge < -0.3 is 15.6 Å². The molecular weight excluding hydrogens is 845 g/mol. The summed E-state index contributed by atoms with van der Waals surface area (Å²) < 4.78 is -0.889.